The Morgan fingerprint density at radius 2 is 1.79 bits per heavy atom. The molecule has 1 unspecified atom stereocenters. The molecule has 2 aromatic rings. The fourth-order valence-corrected chi connectivity index (χ4v) is 3.70. The maximum Gasteiger partial charge on any atom is 0.416 e. The number of aliphatic hydroxyl groups excluding tert-OH is 1. The first kappa shape index (κ1) is 26.8. The summed E-state index contributed by atoms with van der Waals surface area (Å²) in [5.41, 5.74) is 0.923. The van der Waals surface area contributed by atoms with Crippen LogP contribution in [0.15, 0.2) is 48.5 Å². The Balaban J connectivity index is 0.00000385. The van der Waals surface area contributed by atoms with Crippen molar-refractivity contribution >= 4 is 24.2 Å². The van der Waals surface area contributed by atoms with E-state index in [0.717, 1.165) is 11.6 Å². The molecule has 0 aliphatic carbocycles. The summed E-state index contributed by atoms with van der Waals surface area (Å²) in [6, 6.07) is 11.0. The Morgan fingerprint density at radius 1 is 1.06 bits per heavy atom. The summed E-state index contributed by atoms with van der Waals surface area (Å²) in [6.45, 7) is 4.96. The van der Waals surface area contributed by atoms with Crippen molar-refractivity contribution in [1.29, 1.82) is 0 Å². The standard InChI is InChI=1S/C24H29F3N2O3.ClH/c1-3-5-18-8-9-22(23(14-18)31-2)32-17-21(30)16-28-10-12-29(13-11-28)20-7-4-6-19(15-20)24(25,26)27;/h3-9,14-15,21,30H,10-13,16-17H2,1-2H3;1H. The van der Waals surface area contributed by atoms with E-state index in [1.54, 1.807) is 13.2 Å². The van der Waals surface area contributed by atoms with E-state index in [1.165, 1.54) is 12.1 Å². The zero-order valence-electron chi connectivity index (χ0n) is 18.7. The van der Waals surface area contributed by atoms with Crippen LogP contribution in [0.25, 0.3) is 6.08 Å². The molecule has 5 nitrogen and oxygen atoms in total. The predicted molar refractivity (Wildman–Crippen MR) is 127 cm³/mol. The number of β-amino-alcohol motifs (C(OH)–C–C–N with tert-alkyl or cyclic N) is 1. The molecule has 0 aromatic heterocycles. The summed E-state index contributed by atoms with van der Waals surface area (Å²) >= 11 is 0. The second kappa shape index (κ2) is 12.2. The Hall–Kier alpha value is -2.42. The number of anilines is 1. The predicted octanol–water partition coefficient (Wildman–Crippen LogP) is 4.73. The van der Waals surface area contributed by atoms with Crippen LogP contribution in [0.2, 0.25) is 0 Å². The van der Waals surface area contributed by atoms with Gasteiger partial charge in [0.25, 0.3) is 0 Å². The highest BCUT2D eigenvalue weighted by molar-refractivity contribution is 5.85. The van der Waals surface area contributed by atoms with E-state index in [1.807, 2.05) is 42.2 Å². The number of benzene rings is 2. The van der Waals surface area contributed by atoms with Gasteiger partial charge < -0.3 is 19.5 Å². The smallest absolute Gasteiger partial charge is 0.416 e. The highest BCUT2D eigenvalue weighted by Crippen LogP contribution is 2.32. The number of rotatable bonds is 8. The lowest BCUT2D eigenvalue weighted by Gasteiger charge is -2.37. The van der Waals surface area contributed by atoms with Crippen LogP contribution in [0, 0.1) is 0 Å². The zero-order chi connectivity index (χ0) is 23.1. The van der Waals surface area contributed by atoms with E-state index in [2.05, 4.69) is 4.90 Å². The van der Waals surface area contributed by atoms with Crippen molar-refractivity contribution in [2.45, 2.75) is 19.2 Å². The minimum atomic E-state index is -4.35. The van der Waals surface area contributed by atoms with Crippen molar-refractivity contribution in [2.75, 3.05) is 51.3 Å². The number of hydrogen-bond acceptors (Lipinski definition) is 5. The lowest BCUT2D eigenvalue weighted by atomic mass is 10.1. The van der Waals surface area contributed by atoms with Crippen molar-refractivity contribution < 1.29 is 27.8 Å². The molecule has 0 saturated carbocycles. The molecule has 2 aromatic carbocycles. The van der Waals surface area contributed by atoms with Gasteiger partial charge in [-0.1, -0.05) is 24.3 Å². The number of ether oxygens (including phenoxy) is 2. The van der Waals surface area contributed by atoms with Gasteiger partial charge >= 0.3 is 6.18 Å². The molecule has 0 bridgehead atoms. The summed E-state index contributed by atoms with van der Waals surface area (Å²) < 4.78 is 50.0. The molecule has 0 amide bonds. The first-order chi connectivity index (χ1) is 15.3. The van der Waals surface area contributed by atoms with Crippen molar-refractivity contribution in [2.24, 2.45) is 0 Å². The van der Waals surface area contributed by atoms with Crippen LogP contribution >= 0.6 is 12.4 Å². The number of piperazine rings is 1. The number of alkyl halides is 3. The second-order valence-corrected chi connectivity index (χ2v) is 7.71. The molecule has 3 rings (SSSR count). The summed E-state index contributed by atoms with van der Waals surface area (Å²) in [7, 11) is 1.57. The Labute approximate surface area is 198 Å². The van der Waals surface area contributed by atoms with Gasteiger partial charge in [-0.05, 0) is 42.8 Å². The van der Waals surface area contributed by atoms with Crippen LogP contribution in [0.1, 0.15) is 18.1 Å². The number of allylic oxidation sites excluding steroid dienone is 1. The van der Waals surface area contributed by atoms with Gasteiger partial charge in [0.1, 0.15) is 12.7 Å². The molecule has 1 aliphatic rings. The normalized spacial score (nSPS) is 15.9. The van der Waals surface area contributed by atoms with Crippen LogP contribution in [0.4, 0.5) is 18.9 Å². The first-order valence-electron chi connectivity index (χ1n) is 10.6. The Bertz CT molecular complexity index is 916. The molecule has 1 N–H and O–H groups in total. The fourth-order valence-electron chi connectivity index (χ4n) is 3.70. The third kappa shape index (κ3) is 7.55. The number of nitrogens with zero attached hydrogens (tertiary/aromatic N) is 2. The molecule has 0 radical (unpaired) electrons. The molecule has 1 saturated heterocycles. The maximum absolute atomic E-state index is 13.0. The van der Waals surface area contributed by atoms with E-state index in [-0.39, 0.29) is 19.0 Å². The van der Waals surface area contributed by atoms with Crippen molar-refractivity contribution in [3.05, 3.63) is 59.7 Å². The van der Waals surface area contributed by atoms with Gasteiger partial charge in [0, 0.05) is 38.4 Å². The highest BCUT2D eigenvalue weighted by atomic mass is 35.5. The molecule has 1 atom stereocenters. The van der Waals surface area contributed by atoms with Gasteiger partial charge in [-0.25, -0.2) is 0 Å². The number of hydrogen-bond donors (Lipinski definition) is 1. The largest absolute Gasteiger partial charge is 0.493 e. The third-order valence-electron chi connectivity index (χ3n) is 5.36. The molecule has 1 heterocycles. The quantitative estimate of drug-likeness (QED) is 0.584. The van der Waals surface area contributed by atoms with Gasteiger partial charge in [-0.15, -0.1) is 12.4 Å². The minimum Gasteiger partial charge on any atom is -0.493 e. The maximum atomic E-state index is 13.0. The monoisotopic (exact) mass is 486 g/mol. The van der Waals surface area contributed by atoms with Crippen molar-refractivity contribution in [1.82, 2.24) is 4.90 Å². The molecule has 33 heavy (non-hydrogen) atoms. The average Bonchev–Trinajstić information content (AvgIpc) is 2.78. The molecular weight excluding hydrogens is 457 g/mol. The van der Waals surface area contributed by atoms with E-state index in [4.69, 9.17) is 9.47 Å². The van der Waals surface area contributed by atoms with Crippen LogP contribution < -0.4 is 14.4 Å². The van der Waals surface area contributed by atoms with Crippen molar-refractivity contribution in [3.63, 3.8) is 0 Å². The SMILES string of the molecule is CC=Cc1ccc(OCC(O)CN2CCN(c3cccc(C(F)(F)F)c3)CC2)c(OC)c1.Cl. The average molecular weight is 487 g/mol. The van der Waals surface area contributed by atoms with Crippen LogP contribution in [0.3, 0.4) is 0 Å². The summed E-state index contributed by atoms with van der Waals surface area (Å²) in [6.07, 6.45) is -1.15. The Morgan fingerprint density at radius 3 is 2.42 bits per heavy atom. The van der Waals surface area contributed by atoms with Crippen molar-refractivity contribution in [3.8, 4) is 11.5 Å². The molecule has 1 aliphatic heterocycles. The van der Waals surface area contributed by atoms with Gasteiger partial charge in [-0.2, -0.15) is 13.2 Å². The second-order valence-electron chi connectivity index (χ2n) is 7.71. The van der Waals surface area contributed by atoms with Gasteiger partial charge in [0.2, 0.25) is 0 Å². The number of aliphatic hydroxyl groups is 1. The Kier molecular flexibility index (Phi) is 9.88. The molecule has 0 spiro atoms. The summed E-state index contributed by atoms with van der Waals surface area (Å²) in [5.74, 6) is 1.16. The van der Waals surface area contributed by atoms with Gasteiger partial charge in [0.15, 0.2) is 11.5 Å². The minimum absolute atomic E-state index is 0. The molecular formula is C24H30ClF3N2O3. The van der Waals surface area contributed by atoms with Gasteiger partial charge in [0.05, 0.1) is 12.7 Å². The van der Waals surface area contributed by atoms with E-state index >= 15 is 0 Å². The third-order valence-corrected chi connectivity index (χ3v) is 5.36. The summed E-state index contributed by atoms with van der Waals surface area (Å²) in [4.78, 5) is 4.02. The number of methoxy groups -OCH3 is 1. The van der Waals surface area contributed by atoms with Crippen LogP contribution in [0.5, 0.6) is 11.5 Å². The first-order valence-corrected chi connectivity index (χ1v) is 10.6. The fraction of sp³-hybridized carbons (Fsp3) is 0.417. The lowest BCUT2D eigenvalue weighted by Crippen LogP contribution is -2.49. The molecule has 182 valence electrons. The van der Waals surface area contributed by atoms with Crippen LogP contribution in [-0.4, -0.2) is 62.6 Å². The number of halogens is 4. The van der Waals surface area contributed by atoms with E-state index in [9.17, 15) is 18.3 Å². The zero-order valence-corrected chi connectivity index (χ0v) is 19.5. The topological polar surface area (TPSA) is 45.2 Å². The lowest BCUT2D eigenvalue weighted by molar-refractivity contribution is -0.137. The highest BCUT2D eigenvalue weighted by Gasteiger charge is 2.31. The van der Waals surface area contributed by atoms with Gasteiger partial charge in [-0.3, -0.25) is 4.90 Å². The summed E-state index contributed by atoms with van der Waals surface area (Å²) in [5, 5.41) is 10.4. The van der Waals surface area contributed by atoms with E-state index < -0.39 is 17.8 Å². The van der Waals surface area contributed by atoms with E-state index in [0.29, 0.717) is 49.9 Å². The molecule has 1 fully saturated rings. The molecule has 9 heteroatoms. The van der Waals surface area contributed by atoms with Crippen LogP contribution in [-0.2, 0) is 6.18 Å².